The Balaban J connectivity index is 0.00000133. The van der Waals surface area contributed by atoms with E-state index >= 15 is 0 Å². The molecule has 34 heavy (non-hydrogen) atoms. The summed E-state index contributed by atoms with van der Waals surface area (Å²) >= 11 is 0. The first kappa shape index (κ1) is 24.1. The molecule has 0 atom stereocenters. The lowest BCUT2D eigenvalue weighted by molar-refractivity contribution is 0.121. The Morgan fingerprint density at radius 1 is 0.882 bits per heavy atom. The van der Waals surface area contributed by atoms with Crippen LogP contribution in [0, 0.1) is 0 Å². The maximum Gasteiger partial charge on any atom is 0.229 e. The molecule has 2 fully saturated rings. The average Bonchev–Trinajstić information content (AvgIpc) is 2.93. The summed E-state index contributed by atoms with van der Waals surface area (Å²) in [5.41, 5.74) is 3.06. The van der Waals surface area contributed by atoms with E-state index in [2.05, 4.69) is 9.80 Å². The summed E-state index contributed by atoms with van der Waals surface area (Å²) < 4.78 is 16.4. The molecule has 0 saturated carbocycles. The SMILES string of the molecule is CC.COc1ccc(-c2ccc3c(N4CCOCC4)nc(N4CCOCC4)nc3n2)cc1CO. The van der Waals surface area contributed by atoms with Crippen LogP contribution in [0.2, 0.25) is 0 Å². The van der Waals surface area contributed by atoms with Crippen LogP contribution in [0.4, 0.5) is 11.8 Å². The third kappa shape index (κ3) is 5.06. The standard InChI is InChI=1S/C23H27N5O4.C2H6/c1-30-20-5-2-16(14-17(20)15-29)19-4-3-18-21(24-19)25-23(28-8-12-32-13-9-28)26-22(18)27-6-10-31-11-7-27;1-2/h2-5,14,29H,6-13,15H2,1H3;1-2H3. The van der Waals surface area contributed by atoms with Crippen LogP contribution >= 0.6 is 0 Å². The molecular formula is C25H33N5O4. The van der Waals surface area contributed by atoms with E-state index in [1.807, 2.05) is 44.2 Å². The van der Waals surface area contributed by atoms with Crippen LogP contribution in [-0.2, 0) is 16.1 Å². The van der Waals surface area contributed by atoms with Gasteiger partial charge in [0.2, 0.25) is 5.95 Å². The molecule has 0 spiro atoms. The number of anilines is 2. The molecule has 182 valence electrons. The van der Waals surface area contributed by atoms with Gasteiger partial charge in [0.1, 0.15) is 11.6 Å². The van der Waals surface area contributed by atoms with E-state index in [0.717, 1.165) is 54.2 Å². The molecule has 9 heteroatoms. The minimum atomic E-state index is -0.102. The summed E-state index contributed by atoms with van der Waals surface area (Å²) in [7, 11) is 1.60. The lowest BCUT2D eigenvalue weighted by Gasteiger charge is -2.31. The van der Waals surface area contributed by atoms with E-state index in [-0.39, 0.29) is 6.61 Å². The van der Waals surface area contributed by atoms with Gasteiger partial charge in [0.05, 0.1) is 51.2 Å². The molecule has 0 bridgehead atoms. The molecule has 0 radical (unpaired) electrons. The minimum Gasteiger partial charge on any atom is -0.496 e. The zero-order chi connectivity index (χ0) is 23.9. The smallest absolute Gasteiger partial charge is 0.229 e. The van der Waals surface area contributed by atoms with Crippen molar-refractivity contribution in [2.75, 3.05) is 69.5 Å². The first-order valence-corrected chi connectivity index (χ1v) is 11.9. The van der Waals surface area contributed by atoms with Crippen molar-refractivity contribution in [1.82, 2.24) is 15.0 Å². The van der Waals surface area contributed by atoms with Crippen LogP contribution in [0.3, 0.4) is 0 Å². The largest absolute Gasteiger partial charge is 0.496 e. The number of morpholine rings is 2. The number of nitrogens with zero attached hydrogens (tertiary/aromatic N) is 5. The molecule has 9 nitrogen and oxygen atoms in total. The first-order valence-electron chi connectivity index (χ1n) is 11.9. The van der Waals surface area contributed by atoms with Gasteiger partial charge < -0.3 is 29.1 Å². The Bertz CT molecular complexity index is 1100. The Morgan fingerprint density at radius 2 is 1.56 bits per heavy atom. The first-order chi connectivity index (χ1) is 16.8. The van der Waals surface area contributed by atoms with E-state index in [0.29, 0.717) is 43.8 Å². The van der Waals surface area contributed by atoms with Crippen molar-refractivity contribution in [2.45, 2.75) is 20.5 Å². The molecule has 2 aliphatic heterocycles. The van der Waals surface area contributed by atoms with Gasteiger partial charge in [-0.05, 0) is 30.3 Å². The Kier molecular flexibility index (Phi) is 8.10. The number of aliphatic hydroxyl groups excluding tert-OH is 1. The van der Waals surface area contributed by atoms with Crippen LogP contribution in [0.5, 0.6) is 5.75 Å². The number of fused-ring (bicyclic) bond motifs is 1. The zero-order valence-corrected chi connectivity index (χ0v) is 20.2. The topological polar surface area (TPSA) is 93.1 Å². The highest BCUT2D eigenvalue weighted by atomic mass is 16.5. The van der Waals surface area contributed by atoms with E-state index in [9.17, 15) is 5.11 Å². The Morgan fingerprint density at radius 3 is 2.21 bits per heavy atom. The number of aromatic nitrogens is 3. The molecule has 1 aromatic carbocycles. The molecule has 1 N–H and O–H groups in total. The van der Waals surface area contributed by atoms with Crippen molar-refractivity contribution in [2.24, 2.45) is 0 Å². The Labute approximate surface area is 200 Å². The minimum absolute atomic E-state index is 0.102. The number of benzene rings is 1. The quantitative estimate of drug-likeness (QED) is 0.608. The molecule has 0 unspecified atom stereocenters. The van der Waals surface area contributed by atoms with Gasteiger partial charge in [-0.3, -0.25) is 0 Å². The van der Waals surface area contributed by atoms with Crippen molar-refractivity contribution in [1.29, 1.82) is 0 Å². The predicted molar refractivity (Wildman–Crippen MR) is 133 cm³/mol. The van der Waals surface area contributed by atoms with Gasteiger partial charge >= 0.3 is 0 Å². The molecule has 2 saturated heterocycles. The number of pyridine rings is 1. The number of aliphatic hydroxyl groups is 1. The highest BCUT2D eigenvalue weighted by Crippen LogP contribution is 2.31. The van der Waals surface area contributed by atoms with E-state index < -0.39 is 0 Å². The maximum absolute atomic E-state index is 9.70. The van der Waals surface area contributed by atoms with Crippen LogP contribution in [-0.4, -0.2) is 79.8 Å². The summed E-state index contributed by atoms with van der Waals surface area (Å²) in [5, 5.41) is 10.6. The summed E-state index contributed by atoms with van der Waals surface area (Å²) in [6, 6.07) is 9.71. The average molecular weight is 468 g/mol. The van der Waals surface area contributed by atoms with Crippen molar-refractivity contribution >= 4 is 22.8 Å². The fourth-order valence-corrected chi connectivity index (χ4v) is 4.13. The second-order valence-electron chi connectivity index (χ2n) is 7.80. The maximum atomic E-state index is 9.70. The van der Waals surface area contributed by atoms with Crippen LogP contribution < -0.4 is 14.5 Å². The monoisotopic (exact) mass is 467 g/mol. The number of rotatable bonds is 5. The van der Waals surface area contributed by atoms with Crippen LogP contribution in [0.15, 0.2) is 30.3 Å². The van der Waals surface area contributed by atoms with Crippen molar-refractivity contribution < 1.29 is 19.3 Å². The second kappa shape index (κ2) is 11.4. The third-order valence-corrected chi connectivity index (χ3v) is 5.88. The second-order valence-corrected chi connectivity index (χ2v) is 7.80. The highest BCUT2D eigenvalue weighted by molar-refractivity contribution is 5.90. The lowest BCUT2D eigenvalue weighted by Crippen LogP contribution is -2.39. The third-order valence-electron chi connectivity index (χ3n) is 5.88. The van der Waals surface area contributed by atoms with E-state index in [1.165, 1.54) is 0 Å². The molecule has 2 aliphatic rings. The predicted octanol–water partition coefficient (Wildman–Crippen LogP) is 2.89. The molecule has 0 aliphatic carbocycles. The van der Waals surface area contributed by atoms with Crippen molar-refractivity contribution in [3.63, 3.8) is 0 Å². The fourth-order valence-electron chi connectivity index (χ4n) is 4.13. The van der Waals surface area contributed by atoms with Gasteiger partial charge in [-0.1, -0.05) is 13.8 Å². The number of ether oxygens (including phenoxy) is 3. The molecular weight excluding hydrogens is 434 g/mol. The van der Waals surface area contributed by atoms with Gasteiger partial charge in [0, 0.05) is 37.3 Å². The van der Waals surface area contributed by atoms with Gasteiger partial charge in [0.15, 0.2) is 5.65 Å². The molecule has 0 amide bonds. The molecule has 3 aromatic rings. The normalized spacial score (nSPS) is 16.2. The molecule has 4 heterocycles. The fraction of sp³-hybridized carbons (Fsp3) is 0.480. The zero-order valence-electron chi connectivity index (χ0n) is 20.2. The summed E-state index contributed by atoms with van der Waals surface area (Å²) in [6.07, 6.45) is 0. The molecule has 5 rings (SSSR count). The number of hydrogen-bond acceptors (Lipinski definition) is 9. The van der Waals surface area contributed by atoms with Crippen LogP contribution in [0.1, 0.15) is 19.4 Å². The van der Waals surface area contributed by atoms with Crippen molar-refractivity contribution in [3.05, 3.63) is 35.9 Å². The molecule has 2 aromatic heterocycles. The van der Waals surface area contributed by atoms with Gasteiger partial charge in [-0.15, -0.1) is 0 Å². The van der Waals surface area contributed by atoms with E-state index in [4.69, 9.17) is 29.2 Å². The lowest BCUT2D eigenvalue weighted by atomic mass is 10.1. The summed E-state index contributed by atoms with van der Waals surface area (Å²) in [5.74, 6) is 2.23. The van der Waals surface area contributed by atoms with Gasteiger partial charge in [-0.25, -0.2) is 4.98 Å². The van der Waals surface area contributed by atoms with Gasteiger partial charge in [-0.2, -0.15) is 9.97 Å². The van der Waals surface area contributed by atoms with E-state index in [1.54, 1.807) is 7.11 Å². The number of hydrogen-bond donors (Lipinski definition) is 1. The Hall–Kier alpha value is -3.01. The van der Waals surface area contributed by atoms with Crippen molar-refractivity contribution in [3.8, 4) is 17.0 Å². The summed E-state index contributed by atoms with van der Waals surface area (Å²) in [6.45, 7) is 9.67. The highest BCUT2D eigenvalue weighted by Gasteiger charge is 2.22. The summed E-state index contributed by atoms with van der Waals surface area (Å²) in [4.78, 5) is 19.1. The van der Waals surface area contributed by atoms with Gasteiger partial charge in [0.25, 0.3) is 0 Å². The van der Waals surface area contributed by atoms with Crippen LogP contribution in [0.25, 0.3) is 22.3 Å². The number of methoxy groups -OCH3 is 1.